The molecule has 0 fully saturated rings. The van der Waals surface area contributed by atoms with Gasteiger partial charge in [-0.3, -0.25) is 19.7 Å². The number of aromatic nitrogens is 4. The molecule has 9 nitrogen and oxygen atoms in total. The quantitative estimate of drug-likeness (QED) is 0.463. The average molecular weight is 435 g/mol. The first-order valence-corrected chi connectivity index (χ1v) is 10.2. The second-order valence-corrected chi connectivity index (χ2v) is 7.45. The van der Waals surface area contributed by atoms with Gasteiger partial charge in [0.05, 0.1) is 11.1 Å². The molecule has 4 aromatic rings. The molecule has 10 heteroatoms. The predicted molar refractivity (Wildman–Crippen MR) is 116 cm³/mol. The van der Waals surface area contributed by atoms with E-state index in [1.165, 1.54) is 18.3 Å². The second-order valence-electron chi connectivity index (χ2n) is 6.59. The van der Waals surface area contributed by atoms with E-state index in [1.807, 2.05) is 35.7 Å². The summed E-state index contributed by atoms with van der Waals surface area (Å²) < 4.78 is 6.05. The number of thiazole rings is 1. The standard InChI is InChI=1S/C21H17N5O4S/c1-13(19(28)23-21-22-17(12-31-21)14-7-3-2-4-8-14)30-18(27)11-26-20(29)15-9-5-6-10-16(15)24-25-26/h2-10,12-13H,11H2,1H3,(H,22,23,28). The minimum atomic E-state index is -1.08. The lowest BCUT2D eigenvalue weighted by atomic mass is 10.2. The Morgan fingerprint density at radius 1 is 1.13 bits per heavy atom. The molecule has 0 radical (unpaired) electrons. The molecule has 156 valence electrons. The third-order valence-electron chi connectivity index (χ3n) is 4.39. The lowest BCUT2D eigenvalue weighted by Gasteiger charge is -2.12. The SMILES string of the molecule is CC(OC(=O)Cn1nnc2ccccc2c1=O)C(=O)Nc1nc(-c2ccccc2)cs1. The molecule has 1 atom stereocenters. The smallest absolute Gasteiger partial charge is 0.328 e. The van der Waals surface area contributed by atoms with Gasteiger partial charge in [-0.05, 0) is 19.1 Å². The summed E-state index contributed by atoms with van der Waals surface area (Å²) in [6.07, 6.45) is -1.08. The third-order valence-corrected chi connectivity index (χ3v) is 5.15. The molecule has 1 unspecified atom stereocenters. The van der Waals surface area contributed by atoms with Crippen LogP contribution in [0.1, 0.15) is 6.92 Å². The molecule has 2 heterocycles. The number of ether oxygens (including phenoxy) is 1. The first-order chi connectivity index (χ1) is 15.0. The number of rotatable bonds is 6. The molecule has 0 saturated carbocycles. The van der Waals surface area contributed by atoms with Crippen molar-refractivity contribution in [1.29, 1.82) is 0 Å². The molecule has 2 aromatic carbocycles. The first kappa shape index (κ1) is 20.4. The summed E-state index contributed by atoms with van der Waals surface area (Å²) in [6, 6.07) is 16.2. The molecule has 0 aliphatic carbocycles. The zero-order chi connectivity index (χ0) is 21.8. The van der Waals surface area contributed by atoms with Crippen molar-refractivity contribution in [3.8, 4) is 11.3 Å². The number of amides is 1. The van der Waals surface area contributed by atoms with Crippen LogP contribution in [0.15, 0.2) is 64.8 Å². The number of carbonyl (C=O) groups is 2. The van der Waals surface area contributed by atoms with Gasteiger partial charge in [-0.15, -0.1) is 16.4 Å². The van der Waals surface area contributed by atoms with Crippen molar-refractivity contribution >= 4 is 39.2 Å². The van der Waals surface area contributed by atoms with Gasteiger partial charge < -0.3 is 4.74 Å². The van der Waals surface area contributed by atoms with Crippen LogP contribution in [0.2, 0.25) is 0 Å². The lowest BCUT2D eigenvalue weighted by Crippen LogP contribution is -2.34. The van der Waals surface area contributed by atoms with Gasteiger partial charge in [-0.25, -0.2) is 4.98 Å². The largest absolute Gasteiger partial charge is 0.451 e. The van der Waals surface area contributed by atoms with Gasteiger partial charge in [-0.1, -0.05) is 47.7 Å². The van der Waals surface area contributed by atoms with E-state index in [1.54, 1.807) is 24.3 Å². The van der Waals surface area contributed by atoms with Crippen molar-refractivity contribution in [3.63, 3.8) is 0 Å². The number of anilines is 1. The van der Waals surface area contributed by atoms with Crippen LogP contribution in [-0.2, 0) is 20.9 Å². The summed E-state index contributed by atoms with van der Waals surface area (Å²) in [5.41, 5.74) is 1.64. The summed E-state index contributed by atoms with van der Waals surface area (Å²) in [7, 11) is 0. The van der Waals surface area contributed by atoms with Crippen molar-refractivity contribution in [1.82, 2.24) is 20.0 Å². The number of nitrogens with one attached hydrogen (secondary N) is 1. The Labute approximate surface area is 180 Å². The maximum atomic E-state index is 12.4. The Morgan fingerprint density at radius 3 is 2.68 bits per heavy atom. The minimum absolute atomic E-state index is 0.342. The number of carbonyl (C=O) groups excluding carboxylic acids is 2. The number of hydrogen-bond acceptors (Lipinski definition) is 8. The van der Waals surface area contributed by atoms with E-state index in [2.05, 4.69) is 20.6 Å². The van der Waals surface area contributed by atoms with Crippen molar-refractivity contribution in [2.24, 2.45) is 0 Å². The van der Waals surface area contributed by atoms with Crippen LogP contribution in [0.4, 0.5) is 5.13 Å². The van der Waals surface area contributed by atoms with Crippen LogP contribution in [0.3, 0.4) is 0 Å². The van der Waals surface area contributed by atoms with E-state index >= 15 is 0 Å². The highest BCUT2D eigenvalue weighted by atomic mass is 32.1. The van der Waals surface area contributed by atoms with Gasteiger partial charge in [0.15, 0.2) is 11.2 Å². The maximum absolute atomic E-state index is 12.4. The van der Waals surface area contributed by atoms with E-state index in [-0.39, 0.29) is 0 Å². The van der Waals surface area contributed by atoms with Gasteiger partial charge in [0.2, 0.25) is 0 Å². The van der Waals surface area contributed by atoms with Crippen LogP contribution >= 0.6 is 11.3 Å². The average Bonchev–Trinajstić information content (AvgIpc) is 3.25. The molecule has 0 spiro atoms. The van der Waals surface area contributed by atoms with E-state index in [4.69, 9.17) is 4.74 Å². The van der Waals surface area contributed by atoms with Crippen molar-refractivity contribution in [2.45, 2.75) is 19.6 Å². The van der Waals surface area contributed by atoms with Crippen LogP contribution in [0.5, 0.6) is 0 Å². The number of nitrogens with zero attached hydrogens (tertiary/aromatic N) is 4. The molecular weight excluding hydrogens is 418 g/mol. The molecule has 0 aliphatic heterocycles. The number of benzene rings is 2. The summed E-state index contributed by atoms with van der Waals surface area (Å²) in [6.45, 7) is 0.984. The molecular formula is C21H17N5O4S. The topological polar surface area (TPSA) is 116 Å². The summed E-state index contributed by atoms with van der Waals surface area (Å²) in [5, 5.41) is 12.8. The molecule has 1 N–H and O–H groups in total. The number of fused-ring (bicyclic) bond motifs is 1. The lowest BCUT2D eigenvalue weighted by molar-refractivity contribution is -0.154. The fourth-order valence-electron chi connectivity index (χ4n) is 2.82. The van der Waals surface area contributed by atoms with Crippen molar-refractivity contribution in [3.05, 3.63) is 70.3 Å². The Balaban J connectivity index is 1.37. The van der Waals surface area contributed by atoms with Gasteiger partial charge >= 0.3 is 5.97 Å². The van der Waals surface area contributed by atoms with Crippen molar-refractivity contribution in [2.75, 3.05) is 5.32 Å². The molecule has 2 aromatic heterocycles. The number of hydrogen-bond donors (Lipinski definition) is 1. The Morgan fingerprint density at radius 2 is 1.87 bits per heavy atom. The highest BCUT2D eigenvalue weighted by Crippen LogP contribution is 2.24. The van der Waals surface area contributed by atoms with E-state index in [0.717, 1.165) is 15.9 Å². The van der Waals surface area contributed by atoms with Crippen molar-refractivity contribution < 1.29 is 14.3 Å². The van der Waals surface area contributed by atoms with Crippen LogP contribution in [-0.4, -0.2) is 38.0 Å². The highest BCUT2D eigenvalue weighted by Gasteiger charge is 2.20. The zero-order valence-electron chi connectivity index (χ0n) is 16.4. The zero-order valence-corrected chi connectivity index (χ0v) is 17.2. The van der Waals surface area contributed by atoms with Gasteiger partial charge in [0, 0.05) is 10.9 Å². The van der Waals surface area contributed by atoms with Gasteiger partial charge in [0.1, 0.15) is 12.1 Å². The maximum Gasteiger partial charge on any atom is 0.328 e. The first-order valence-electron chi connectivity index (χ1n) is 9.35. The fraction of sp³-hybridized carbons (Fsp3) is 0.143. The second kappa shape index (κ2) is 8.84. The van der Waals surface area contributed by atoms with Gasteiger partial charge in [-0.2, -0.15) is 4.68 Å². The Bertz CT molecular complexity index is 1300. The van der Waals surface area contributed by atoms with E-state index in [9.17, 15) is 14.4 Å². The molecule has 31 heavy (non-hydrogen) atoms. The highest BCUT2D eigenvalue weighted by molar-refractivity contribution is 7.14. The molecule has 1 amide bonds. The third kappa shape index (κ3) is 4.64. The monoisotopic (exact) mass is 435 g/mol. The molecule has 0 aliphatic rings. The summed E-state index contributed by atoms with van der Waals surface area (Å²) in [4.78, 5) is 41.4. The normalized spacial score (nSPS) is 11.8. The predicted octanol–water partition coefficient (Wildman–Crippen LogP) is 2.49. The Hall–Kier alpha value is -3.92. The fourth-order valence-corrected chi connectivity index (χ4v) is 3.54. The molecule has 0 bridgehead atoms. The molecule has 4 rings (SSSR count). The van der Waals surface area contributed by atoms with Crippen LogP contribution in [0.25, 0.3) is 22.2 Å². The summed E-state index contributed by atoms with van der Waals surface area (Å²) in [5.74, 6) is -1.31. The summed E-state index contributed by atoms with van der Waals surface area (Å²) >= 11 is 1.27. The van der Waals surface area contributed by atoms with Gasteiger partial charge in [0.25, 0.3) is 11.5 Å². The molecule has 0 saturated heterocycles. The van der Waals surface area contributed by atoms with E-state index < -0.39 is 30.1 Å². The van der Waals surface area contributed by atoms with Crippen LogP contribution < -0.4 is 10.9 Å². The Kier molecular flexibility index (Phi) is 5.80. The minimum Gasteiger partial charge on any atom is -0.451 e. The van der Waals surface area contributed by atoms with Crippen LogP contribution in [0, 0.1) is 0 Å². The number of esters is 1. The van der Waals surface area contributed by atoms with E-state index in [0.29, 0.717) is 16.0 Å².